The monoisotopic (exact) mass is 249 g/mol. The van der Waals surface area contributed by atoms with Crippen molar-refractivity contribution in [2.75, 3.05) is 11.9 Å². The number of nitrogens with zero attached hydrogens (tertiary/aromatic N) is 1. The number of aryl methyl sites for hydroxylation is 1. The zero-order chi connectivity index (χ0) is 13.4. The number of amides is 1. The molecule has 0 aromatic heterocycles. The fourth-order valence-corrected chi connectivity index (χ4v) is 2.47. The molecule has 0 unspecified atom stereocenters. The fourth-order valence-electron chi connectivity index (χ4n) is 2.47. The van der Waals surface area contributed by atoms with Gasteiger partial charge in [-0.25, -0.2) is 0 Å². The molecule has 0 saturated heterocycles. The molecule has 0 bridgehead atoms. The van der Waals surface area contributed by atoms with E-state index in [9.17, 15) is 4.79 Å². The van der Waals surface area contributed by atoms with Crippen molar-refractivity contribution in [1.29, 1.82) is 0 Å². The Hall–Kier alpha value is -2.35. The van der Waals surface area contributed by atoms with Gasteiger partial charge in [-0.1, -0.05) is 48.0 Å². The number of rotatable bonds is 1. The van der Waals surface area contributed by atoms with Crippen molar-refractivity contribution >= 4 is 23.2 Å². The first-order chi connectivity index (χ1) is 9.16. The van der Waals surface area contributed by atoms with Crippen molar-refractivity contribution < 1.29 is 4.79 Å². The summed E-state index contributed by atoms with van der Waals surface area (Å²) in [6.45, 7) is 2.05. The Labute approximate surface area is 113 Å². The Kier molecular flexibility index (Phi) is 2.71. The van der Waals surface area contributed by atoms with Crippen molar-refractivity contribution in [3.8, 4) is 0 Å². The van der Waals surface area contributed by atoms with Crippen LogP contribution in [-0.2, 0) is 4.79 Å². The van der Waals surface area contributed by atoms with Gasteiger partial charge >= 0.3 is 0 Å². The molecule has 3 rings (SSSR count). The maximum Gasteiger partial charge on any atom is 0.258 e. The van der Waals surface area contributed by atoms with Crippen molar-refractivity contribution in [2.24, 2.45) is 0 Å². The van der Waals surface area contributed by atoms with Crippen molar-refractivity contribution in [3.05, 3.63) is 65.2 Å². The van der Waals surface area contributed by atoms with Crippen LogP contribution in [-0.4, -0.2) is 13.0 Å². The van der Waals surface area contributed by atoms with Gasteiger partial charge in [-0.3, -0.25) is 4.79 Å². The lowest BCUT2D eigenvalue weighted by Crippen LogP contribution is -2.20. The van der Waals surface area contributed by atoms with E-state index in [2.05, 4.69) is 19.1 Å². The summed E-state index contributed by atoms with van der Waals surface area (Å²) in [5.41, 5.74) is 5.02. The van der Waals surface area contributed by atoms with E-state index in [1.165, 1.54) is 5.56 Å². The van der Waals surface area contributed by atoms with Crippen LogP contribution in [0.25, 0.3) is 11.6 Å². The Morgan fingerprint density at radius 2 is 1.84 bits per heavy atom. The fraction of sp³-hybridized carbons (Fsp3) is 0.118. The smallest absolute Gasteiger partial charge is 0.258 e. The highest BCUT2D eigenvalue weighted by Crippen LogP contribution is 2.36. The second-order valence-electron chi connectivity index (χ2n) is 4.85. The molecule has 2 heteroatoms. The number of carbonyl (C=O) groups excluding carboxylic acids is 1. The third-order valence-electron chi connectivity index (χ3n) is 3.44. The Bertz CT molecular complexity index is 685. The number of likely N-dealkylation sites (N-methyl/N-ethyl adjacent to an activating group) is 1. The van der Waals surface area contributed by atoms with Crippen LogP contribution in [0.3, 0.4) is 0 Å². The van der Waals surface area contributed by atoms with Crippen LogP contribution in [0.15, 0.2) is 48.5 Å². The van der Waals surface area contributed by atoms with Gasteiger partial charge in [0.2, 0.25) is 0 Å². The molecule has 1 amide bonds. The van der Waals surface area contributed by atoms with Crippen LogP contribution in [0.1, 0.15) is 16.7 Å². The highest BCUT2D eigenvalue weighted by atomic mass is 16.2. The molecule has 0 aliphatic carbocycles. The predicted molar refractivity (Wildman–Crippen MR) is 78.9 cm³/mol. The number of benzene rings is 2. The van der Waals surface area contributed by atoms with Gasteiger partial charge in [0.1, 0.15) is 0 Å². The summed E-state index contributed by atoms with van der Waals surface area (Å²) in [6, 6.07) is 16.1. The van der Waals surface area contributed by atoms with Gasteiger partial charge in [0.05, 0.1) is 5.69 Å². The topological polar surface area (TPSA) is 20.3 Å². The zero-order valence-corrected chi connectivity index (χ0v) is 11.1. The number of carbonyl (C=O) groups is 1. The van der Waals surface area contributed by atoms with E-state index < -0.39 is 0 Å². The molecular formula is C17H15NO. The van der Waals surface area contributed by atoms with Crippen LogP contribution in [0.5, 0.6) is 0 Å². The quantitative estimate of drug-likeness (QED) is 0.708. The molecule has 2 nitrogen and oxygen atoms in total. The van der Waals surface area contributed by atoms with Gasteiger partial charge in [-0.05, 0) is 24.6 Å². The molecule has 0 atom stereocenters. The molecule has 2 aromatic rings. The highest BCUT2D eigenvalue weighted by Gasteiger charge is 2.28. The van der Waals surface area contributed by atoms with E-state index in [1.54, 1.807) is 4.90 Å². The van der Waals surface area contributed by atoms with Crippen molar-refractivity contribution in [2.45, 2.75) is 6.92 Å². The van der Waals surface area contributed by atoms with Gasteiger partial charge in [-0.2, -0.15) is 0 Å². The minimum Gasteiger partial charge on any atom is -0.311 e. The zero-order valence-electron chi connectivity index (χ0n) is 11.1. The summed E-state index contributed by atoms with van der Waals surface area (Å²) in [4.78, 5) is 14.0. The first-order valence-electron chi connectivity index (χ1n) is 6.32. The van der Waals surface area contributed by atoms with E-state index in [-0.39, 0.29) is 5.91 Å². The van der Waals surface area contributed by atoms with Gasteiger partial charge < -0.3 is 4.90 Å². The largest absolute Gasteiger partial charge is 0.311 e. The second kappa shape index (κ2) is 4.39. The van der Waals surface area contributed by atoms with Crippen LogP contribution in [0.4, 0.5) is 5.69 Å². The first-order valence-corrected chi connectivity index (χ1v) is 6.32. The lowest BCUT2D eigenvalue weighted by atomic mass is 10.0. The predicted octanol–water partition coefficient (Wildman–Crippen LogP) is 3.51. The molecular weight excluding hydrogens is 234 g/mol. The van der Waals surface area contributed by atoms with Crippen LogP contribution in [0, 0.1) is 6.92 Å². The highest BCUT2D eigenvalue weighted by molar-refractivity contribution is 6.35. The number of anilines is 1. The molecule has 94 valence electrons. The van der Waals surface area contributed by atoms with E-state index in [0.29, 0.717) is 0 Å². The van der Waals surface area contributed by atoms with E-state index in [4.69, 9.17) is 0 Å². The Balaban J connectivity index is 2.13. The summed E-state index contributed by atoms with van der Waals surface area (Å²) >= 11 is 0. The van der Waals surface area contributed by atoms with Crippen molar-refractivity contribution in [1.82, 2.24) is 0 Å². The number of hydrogen-bond acceptors (Lipinski definition) is 1. The van der Waals surface area contributed by atoms with E-state index >= 15 is 0 Å². The number of para-hydroxylation sites is 1. The van der Waals surface area contributed by atoms with Gasteiger partial charge in [-0.15, -0.1) is 0 Å². The van der Waals surface area contributed by atoms with E-state index in [1.807, 2.05) is 49.5 Å². The average Bonchev–Trinajstić information content (AvgIpc) is 2.65. The Morgan fingerprint density at radius 3 is 2.63 bits per heavy atom. The molecule has 1 aliphatic rings. The molecule has 0 spiro atoms. The minimum absolute atomic E-state index is 0.0581. The standard InChI is InChI=1S/C17H15NO/c1-12-6-5-7-13(10-12)11-15-14-8-3-4-9-16(14)18(2)17(15)19/h3-11H,1-2H3/b15-11+. The Morgan fingerprint density at radius 1 is 1.05 bits per heavy atom. The number of hydrogen-bond donors (Lipinski definition) is 0. The third-order valence-corrected chi connectivity index (χ3v) is 3.44. The summed E-state index contributed by atoms with van der Waals surface area (Å²) < 4.78 is 0. The molecule has 0 N–H and O–H groups in total. The molecule has 1 heterocycles. The van der Waals surface area contributed by atoms with Crippen LogP contribution >= 0.6 is 0 Å². The van der Waals surface area contributed by atoms with Gasteiger partial charge in [0.25, 0.3) is 5.91 Å². The van der Waals surface area contributed by atoms with Crippen LogP contribution in [0.2, 0.25) is 0 Å². The summed E-state index contributed by atoms with van der Waals surface area (Å²) in [5, 5.41) is 0. The third kappa shape index (κ3) is 1.95. The minimum atomic E-state index is 0.0581. The van der Waals surface area contributed by atoms with Gasteiger partial charge in [0, 0.05) is 18.2 Å². The number of fused-ring (bicyclic) bond motifs is 1. The summed E-state index contributed by atoms with van der Waals surface area (Å²) in [7, 11) is 1.82. The maximum atomic E-state index is 12.3. The molecule has 0 radical (unpaired) electrons. The van der Waals surface area contributed by atoms with Gasteiger partial charge in [0.15, 0.2) is 0 Å². The van der Waals surface area contributed by atoms with Crippen LogP contribution < -0.4 is 4.90 Å². The van der Waals surface area contributed by atoms with E-state index in [0.717, 1.165) is 22.4 Å². The maximum absolute atomic E-state index is 12.3. The molecule has 0 fully saturated rings. The normalized spacial score (nSPS) is 16.0. The summed E-state index contributed by atoms with van der Waals surface area (Å²) in [5.74, 6) is 0.0581. The average molecular weight is 249 g/mol. The first kappa shape index (κ1) is 11.7. The lowest BCUT2D eigenvalue weighted by molar-refractivity contribution is -0.112. The molecule has 2 aromatic carbocycles. The second-order valence-corrected chi connectivity index (χ2v) is 4.85. The molecule has 1 aliphatic heterocycles. The summed E-state index contributed by atoms with van der Waals surface area (Å²) in [6.07, 6.45) is 1.97. The molecule has 0 saturated carbocycles. The lowest BCUT2D eigenvalue weighted by Gasteiger charge is -2.07. The molecule has 19 heavy (non-hydrogen) atoms. The SMILES string of the molecule is Cc1cccc(/C=C2/C(=O)N(C)c3ccccc32)c1. The van der Waals surface area contributed by atoms with Crippen molar-refractivity contribution in [3.63, 3.8) is 0 Å².